The number of hydrogen-bond acceptors (Lipinski definition) is 6. The summed E-state index contributed by atoms with van der Waals surface area (Å²) in [6.07, 6.45) is 1.33. The van der Waals surface area contributed by atoms with E-state index in [1.54, 1.807) is 49.5 Å². The van der Waals surface area contributed by atoms with Gasteiger partial charge < -0.3 is 14.5 Å². The minimum atomic E-state index is -0.609. The fourth-order valence-corrected chi connectivity index (χ4v) is 4.79. The molecule has 9 heteroatoms. The molecule has 0 N–H and O–H groups in total. The predicted octanol–water partition coefficient (Wildman–Crippen LogP) is 5.77. The van der Waals surface area contributed by atoms with E-state index < -0.39 is 5.60 Å². The van der Waals surface area contributed by atoms with Gasteiger partial charge in [-0.1, -0.05) is 48.0 Å². The molecule has 1 fully saturated rings. The molecule has 39 heavy (non-hydrogen) atoms. The smallest absolute Gasteiger partial charge is 0.410 e. The number of ether oxygens (including phenoxy) is 1. The van der Waals surface area contributed by atoms with Crippen LogP contribution in [0.1, 0.15) is 48.3 Å². The summed E-state index contributed by atoms with van der Waals surface area (Å²) in [6.45, 7) is 6.92. The van der Waals surface area contributed by atoms with E-state index in [1.807, 2.05) is 56.0 Å². The second-order valence-corrected chi connectivity index (χ2v) is 11.1. The Labute approximate surface area is 234 Å². The van der Waals surface area contributed by atoms with E-state index in [-0.39, 0.29) is 18.0 Å². The van der Waals surface area contributed by atoms with Crippen LogP contribution in [0.2, 0.25) is 5.02 Å². The minimum absolute atomic E-state index is 0.184. The highest BCUT2D eigenvalue weighted by Crippen LogP contribution is 2.33. The third kappa shape index (κ3) is 6.32. The molecule has 202 valence electrons. The van der Waals surface area contributed by atoms with Crippen molar-refractivity contribution in [3.05, 3.63) is 82.5 Å². The Balaban J connectivity index is 1.63. The van der Waals surface area contributed by atoms with Gasteiger partial charge in [0.2, 0.25) is 0 Å². The van der Waals surface area contributed by atoms with Crippen LogP contribution in [0.3, 0.4) is 0 Å². The summed E-state index contributed by atoms with van der Waals surface area (Å²) in [4.78, 5) is 35.3. The zero-order valence-corrected chi connectivity index (χ0v) is 23.6. The third-order valence-corrected chi connectivity index (χ3v) is 6.73. The molecule has 1 unspecified atom stereocenters. The Morgan fingerprint density at radius 1 is 1.08 bits per heavy atom. The molecular formula is C30H32ClN5O3. The Morgan fingerprint density at radius 2 is 1.79 bits per heavy atom. The maximum Gasteiger partial charge on any atom is 0.410 e. The minimum Gasteiger partial charge on any atom is -0.444 e. The fourth-order valence-electron chi connectivity index (χ4n) is 4.53. The summed E-state index contributed by atoms with van der Waals surface area (Å²) in [5, 5.41) is 10.4. The molecule has 0 aliphatic carbocycles. The Kier molecular flexibility index (Phi) is 8.12. The molecule has 2 amide bonds. The molecule has 3 aromatic rings. The van der Waals surface area contributed by atoms with Crippen molar-refractivity contribution in [3.63, 3.8) is 0 Å². The van der Waals surface area contributed by atoms with Crippen LogP contribution in [0, 0.1) is 11.3 Å². The summed E-state index contributed by atoms with van der Waals surface area (Å²) in [7, 11) is 3.34. The molecule has 0 saturated carbocycles. The van der Waals surface area contributed by atoms with Crippen molar-refractivity contribution in [1.82, 2.24) is 14.8 Å². The number of carbonyl (C=O) groups excluding carboxylic acids is 2. The molecular weight excluding hydrogens is 514 g/mol. The van der Waals surface area contributed by atoms with Crippen LogP contribution < -0.4 is 4.90 Å². The molecule has 1 atom stereocenters. The van der Waals surface area contributed by atoms with Gasteiger partial charge in [0.1, 0.15) is 17.5 Å². The number of nitriles is 1. The highest BCUT2D eigenvalue weighted by molar-refractivity contribution is 6.34. The summed E-state index contributed by atoms with van der Waals surface area (Å²) in [5.41, 5.74) is 2.66. The van der Waals surface area contributed by atoms with Crippen molar-refractivity contribution >= 4 is 29.4 Å². The average Bonchev–Trinajstić information content (AvgIpc) is 2.91. The van der Waals surface area contributed by atoms with Crippen molar-refractivity contribution in [3.8, 4) is 17.2 Å². The number of carbonyl (C=O) groups is 2. The van der Waals surface area contributed by atoms with E-state index >= 15 is 0 Å². The monoisotopic (exact) mass is 545 g/mol. The number of rotatable bonds is 4. The van der Waals surface area contributed by atoms with E-state index in [4.69, 9.17) is 16.3 Å². The standard InChI is InChI=1S/C30H32ClN5O3/c1-30(2,3)39-29(38)36-14-13-35(19-26(36)20-9-7-6-8-10-20)27-22(17-32)15-23(18-33-27)21-11-12-24(25(31)16-21)28(37)34(4)5/h6-12,15-16,18,26H,13-14,19H2,1-5H3. The molecule has 0 radical (unpaired) electrons. The molecule has 1 aromatic heterocycles. The number of benzene rings is 2. The lowest BCUT2D eigenvalue weighted by Crippen LogP contribution is -2.52. The van der Waals surface area contributed by atoms with Gasteiger partial charge in [-0.2, -0.15) is 5.26 Å². The lowest BCUT2D eigenvalue weighted by atomic mass is 10.0. The van der Waals surface area contributed by atoms with Gasteiger partial charge in [0, 0.05) is 45.5 Å². The number of pyridine rings is 1. The lowest BCUT2D eigenvalue weighted by molar-refractivity contribution is 0.0137. The van der Waals surface area contributed by atoms with Crippen molar-refractivity contribution in [2.24, 2.45) is 0 Å². The molecule has 0 bridgehead atoms. The molecule has 4 rings (SSSR count). The number of amides is 2. The van der Waals surface area contributed by atoms with Crippen LogP contribution in [-0.2, 0) is 4.74 Å². The first-order valence-electron chi connectivity index (χ1n) is 12.7. The first kappa shape index (κ1) is 27.9. The number of halogens is 1. The number of aromatic nitrogens is 1. The maximum atomic E-state index is 13.1. The Bertz CT molecular complexity index is 1410. The normalized spacial score (nSPS) is 15.5. The van der Waals surface area contributed by atoms with Crippen LogP contribution >= 0.6 is 11.6 Å². The molecule has 2 aromatic carbocycles. The van der Waals surface area contributed by atoms with E-state index in [0.29, 0.717) is 47.2 Å². The van der Waals surface area contributed by atoms with Gasteiger partial charge in [0.15, 0.2) is 0 Å². The van der Waals surface area contributed by atoms with Crippen molar-refractivity contribution in [1.29, 1.82) is 5.26 Å². The third-order valence-electron chi connectivity index (χ3n) is 6.42. The molecule has 1 aliphatic rings. The van der Waals surface area contributed by atoms with Crippen LogP contribution in [0.4, 0.5) is 10.6 Å². The van der Waals surface area contributed by atoms with E-state index in [1.165, 1.54) is 4.90 Å². The highest BCUT2D eigenvalue weighted by atomic mass is 35.5. The van der Waals surface area contributed by atoms with Gasteiger partial charge in [0.05, 0.1) is 22.2 Å². The van der Waals surface area contributed by atoms with E-state index in [9.17, 15) is 14.9 Å². The number of piperazine rings is 1. The Morgan fingerprint density at radius 3 is 2.41 bits per heavy atom. The highest BCUT2D eigenvalue weighted by Gasteiger charge is 2.35. The molecule has 8 nitrogen and oxygen atoms in total. The van der Waals surface area contributed by atoms with Crippen LogP contribution in [-0.4, -0.2) is 66.1 Å². The zero-order valence-electron chi connectivity index (χ0n) is 22.8. The number of anilines is 1. The van der Waals surface area contributed by atoms with E-state index in [2.05, 4.69) is 11.1 Å². The van der Waals surface area contributed by atoms with Gasteiger partial charge in [-0.3, -0.25) is 9.69 Å². The molecule has 1 saturated heterocycles. The average molecular weight is 546 g/mol. The topological polar surface area (TPSA) is 89.8 Å². The van der Waals surface area contributed by atoms with Crippen molar-refractivity contribution in [2.75, 3.05) is 38.6 Å². The molecule has 2 heterocycles. The summed E-state index contributed by atoms with van der Waals surface area (Å²) in [6, 6.07) is 18.8. The largest absolute Gasteiger partial charge is 0.444 e. The van der Waals surface area contributed by atoms with Gasteiger partial charge in [-0.25, -0.2) is 9.78 Å². The van der Waals surface area contributed by atoms with Crippen LogP contribution in [0.15, 0.2) is 60.8 Å². The van der Waals surface area contributed by atoms with Crippen molar-refractivity contribution in [2.45, 2.75) is 32.4 Å². The second kappa shape index (κ2) is 11.3. The first-order valence-corrected chi connectivity index (χ1v) is 13.1. The molecule has 1 aliphatic heterocycles. The van der Waals surface area contributed by atoms with Gasteiger partial charge >= 0.3 is 6.09 Å². The zero-order chi connectivity index (χ0) is 28.3. The quantitative estimate of drug-likeness (QED) is 0.413. The second-order valence-electron chi connectivity index (χ2n) is 10.6. The van der Waals surface area contributed by atoms with Gasteiger partial charge in [0.25, 0.3) is 5.91 Å². The van der Waals surface area contributed by atoms with Crippen molar-refractivity contribution < 1.29 is 14.3 Å². The lowest BCUT2D eigenvalue weighted by Gasteiger charge is -2.42. The number of hydrogen-bond donors (Lipinski definition) is 0. The predicted molar refractivity (Wildman–Crippen MR) is 152 cm³/mol. The summed E-state index contributed by atoms with van der Waals surface area (Å²) in [5.74, 6) is 0.368. The van der Waals surface area contributed by atoms with Crippen LogP contribution in [0.25, 0.3) is 11.1 Å². The van der Waals surface area contributed by atoms with Gasteiger partial charge in [-0.15, -0.1) is 0 Å². The summed E-state index contributed by atoms with van der Waals surface area (Å²) >= 11 is 6.41. The summed E-state index contributed by atoms with van der Waals surface area (Å²) < 4.78 is 5.69. The van der Waals surface area contributed by atoms with Crippen LogP contribution in [0.5, 0.6) is 0 Å². The fraction of sp³-hybridized carbons (Fsp3) is 0.333. The number of nitrogens with zero attached hydrogens (tertiary/aromatic N) is 5. The SMILES string of the molecule is CN(C)C(=O)c1ccc(-c2cnc(N3CCN(C(=O)OC(C)(C)C)C(c4ccccc4)C3)c(C#N)c2)cc1Cl. The van der Waals surface area contributed by atoms with Gasteiger partial charge in [-0.05, 0) is 50.1 Å². The maximum absolute atomic E-state index is 13.1. The molecule has 0 spiro atoms. The first-order chi connectivity index (χ1) is 18.5. The van der Waals surface area contributed by atoms with E-state index in [0.717, 1.165) is 11.1 Å². The Hall–Kier alpha value is -4.09.